The second-order valence-electron chi connectivity index (χ2n) is 6.65. The number of hydrogen-bond acceptors (Lipinski definition) is 2. The molecule has 1 rings (SSSR count). The average molecular weight is 321 g/mol. The third-order valence-electron chi connectivity index (χ3n) is 4.52. The largest absolute Gasteiger partial charge is 0.463 e. The first-order chi connectivity index (χ1) is 11.2. The van der Waals surface area contributed by atoms with Gasteiger partial charge in [-0.3, -0.25) is 0 Å². The fourth-order valence-corrected chi connectivity index (χ4v) is 2.90. The van der Waals surface area contributed by atoms with Gasteiger partial charge in [-0.15, -0.1) is 0 Å². The minimum atomic E-state index is -1.01. The first-order valence-electron chi connectivity index (χ1n) is 9.66. The summed E-state index contributed by atoms with van der Waals surface area (Å²) in [5.41, 5.74) is 0. The lowest BCUT2D eigenvalue weighted by atomic mass is 10.0. The van der Waals surface area contributed by atoms with Crippen LogP contribution in [0.3, 0.4) is 0 Å². The molecular formula is C21H36O2. The van der Waals surface area contributed by atoms with Crippen LogP contribution in [0.15, 0.2) is 30.3 Å². The third kappa shape index (κ3) is 9.65. The molecule has 1 aromatic rings. The van der Waals surface area contributed by atoms with Gasteiger partial charge in [0.05, 0.1) is 0 Å². The van der Waals surface area contributed by atoms with Crippen molar-refractivity contribution in [3.8, 4) is 5.75 Å². The SMILES string of the molecule is CCCCCCCCCCCCC(O)(CC)Oc1ccccc1. The summed E-state index contributed by atoms with van der Waals surface area (Å²) >= 11 is 0. The lowest BCUT2D eigenvalue weighted by molar-refractivity contribution is -0.145. The van der Waals surface area contributed by atoms with Crippen molar-refractivity contribution >= 4 is 0 Å². The molecule has 1 N–H and O–H groups in total. The Kier molecular flexibility index (Phi) is 10.8. The first kappa shape index (κ1) is 20.0. The van der Waals surface area contributed by atoms with Crippen LogP contribution in [0.2, 0.25) is 0 Å². The van der Waals surface area contributed by atoms with Gasteiger partial charge in [0.25, 0.3) is 0 Å². The van der Waals surface area contributed by atoms with Gasteiger partial charge in [0, 0.05) is 12.8 Å². The zero-order valence-corrected chi connectivity index (χ0v) is 15.2. The van der Waals surface area contributed by atoms with Gasteiger partial charge in [-0.2, -0.15) is 0 Å². The van der Waals surface area contributed by atoms with Crippen molar-refractivity contribution in [3.05, 3.63) is 30.3 Å². The van der Waals surface area contributed by atoms with Crippen LogP contribution < -0.4 is 4.74 Å². The fraction of sp³-hybridized carbons (Fsp3) is 0.714. The number of rotatable bonds is 14. The zero-order valence-electron chi connectivity index (χ0n) is 15.2. The Bertz CT molecular complexity index is 377. The van der Waals surface area contributed by atoms with E-state index in [1.54, 1.807) is 0 Å². The topological polar surface area (TPSA) is 29.5 Å². The Morgan fingerprint density at radius 1 is 0.783 bits per heavy atom. The lowest BCUT2D eigenvalue weighted by Gasteiger charge is -2.28. The van der Waals surface area contributed by atoms with Gasteiger partial charge in [0.1, 0.15) is 5.75 Å². The predicted molar refractivity (Wildman–Crippen MR) is 98.8 cm³/mol. The summed E-state index contributed by atoms with van der Waals surface area (Å²) in [6.07, 6.45) is 14.4. The van der Waals surface area contributed by atoms with Crippen molar-refractivity contribution in [1.29, 1.82) is 0 Å². The van der Waals surface area contributed by atoms with E-state index in [0.717, 1.165) is 18.6 Å². The van der Waals surface area contributed by atoms with Crippen LogP contribution in [0, 0.1) is 0 Å². The van der Waals surface area contributed by atoms with Crippen molar-refractivity contribution in [3.63, 3.8) is 0 Å². The predicted octanol–water partition coefficient (Wildman–Crippen LogP) is 6.48. The van der Waals surface area contributed by atoms with Gasteiger partial charge in [-0.25, -0.2) is 0 Å². The fourth-order valence-electron chi connectivity index (χ4n) is 2.90. The van der Waals surface area contributed by atoms with E-state index in [0.29, 0.717) is 6.42 Å². The highest BCUT2D eigenvalue weighted by molar-refractivity contribution is 5.21. The number of hydrogen-bond donors (Lipinski definition) is 1. The number of ether oxygens (including phenoxy) is 1. The molecule has 1 unspecified atom stereocenters. The Labute approximate surface area is 143 Å². The summed E-state index contributed by atoms with van der Waals surface area (Å²) in [5, 5.41) is 10.6. The number of aliphatic hydroxyl groups is 1. The van der Waals surface area contributed by atoms with Crippen LogP contribution in [0.5, 0.6) is 5.75 Å². The molecule has 0 aliphatic rings. The van der Waals surface area contributed by atoms with Gasteiger partial charge in [0.2, 0.25) is 5.79 Å². The summed E-state index contributed by atoms with van der Waals surface area (Å²) < 4.78 is 5.79. The van der Waals surface area contributed by atoms with E-state index in [4.69, 9.17) is 4.74 Å². The lowest BCUT2D eigenvalue weighted by Crippen LogP contribution is -2.34. The molecule has 0 spiro atoms. The van der Waals surface area contributed by atoms with Crippen molar-refractivity contribution < 1.29 is 9.84 Å². The van der Waals surface area contributed by atoms with Crippen LogP contribution in [0.1, 0.15) is 90.9 Å². The van der Waals surface area contributed by atoms with E-state index >= 15 is 0 Å². The van der Waals surface area contributed by atoms with Gasteiger partial charge < -0.3 is 9.84 Å². The highest BCUT2D eigenvalue weighted by atomic mass is 16.6. The van der Waals surface area contributed by atoms with Gasteiger partial charge in [-0.1, -0.05) is 89.8 Å². The van der Waals surface area contributed by atoms with E-state index in [-0.39, 0.29) is 0 Å². The molecule has 0 radical (unpaired) electrons. The van der Waals surface area contributed by atoms with E-state index < -0.39 is 5.79 Å². The number of unbranched alkanes of at least 4 members (excludes halogenated alkanes) is 9. The monoisotopic (exact) mass is 320 g/mol. The molecule has 132 valence electrons. The molecule has 0 aliphatic carbocycles. The Morgan fingerprint density at radius 3 is 1.83 bits per heavy atom. The molecule has 0 saturated heterocycles. The molecular weight excluding hydrogens is 284 g/mol. The standard InChI is InChI=1S/C21H36O2/c1-3-5-6-7-8-9-10-11-12-16-19-21(22,4-2)23-20-17-14-13-15-18-20/h13-15,17-18,22H,3-12,16,19H2,1-2H3. The summed E-state index contributed by atoms with van der Waals surface area (Å²) in [7, 11) is 0. The van der Waals surface area contributed by atoms with Gasteiger partial charge in [-0.05, 0) is 18.6 Å². The molecule has 0 amide bonds. The Hall–Kier alpha value is -1.02. The second-order valence-corrected chi connectivity index (χ2v) is 6.65. The molecule has 2 heteroatoms. The van der Waals surface area contributed by atoms with Crippen molar-refractivity contribution in [2.24, 2.45) is 0 Å². The highest BCUT2D eigenvalue weighted by Crippen LogP contribution is 2.24. The van der Waals surface area contributed by atoms with Crippen molar-refractivity contribution in [1.82, 2.24) is 0 Å². The van der Waals surface area contributed by atoms with Gasteiger partial charge >= 0.3 is 0 Å². The number of benzene rings is 1. The summed E-state index contributed by atoms with van der Waals surface area (Å²) in [4.78, 5) is 0. The molecule has 0 heterocycles. The van der Waals surface area contributed by atoms with E-state index in [9.17, 15) is 5.11 Å². The van der Waals surface area contributed by atoms with E-state index in [1.807, 2.05) is 37.3 Å². The third-order valence-corrected chi connectivity index (χ3v) is 4.52. The highest BCUT2D eigenvalue weighted by Gasteiger charge is 2.26. The molecule has 1 atom stereocenters. The minimum absolute atomic E-state index is 0.624. The maximum atomic E-state index is 10.6. The zero-order chi connectivity index (χ0) is 16.8. The first-order valence-corrected chi connectivity index (χ1v) is 9.66. The number of para-hydroxylation sites is 1. The molecule has 23 heavy (non-hydrogen) atoms. The molecule has 0 aliphatic heterocycles. The van der Waals surface area contributed by atoms with E-state index in [2.05, 4.69) is 6.92 Å². The van der Waals surface area contributed by atoms with Crippen molar-refractivity contribution in [2.45, 2.75) is 96.7 Å². The Morgan fingerprint density at radius 2 is 1.30 bits per heavy atom. The molecule has 0 aromatic heterocycles. The summed E-state index contributed by atoms with van der Waals surface area (Å²) in [6, 6.07) is 9.64. The molecule has 0 fully saturated rings. The quantitative estimate of drug-likeness (QED) is 0.314. The maximum absolute atomic E-state index is 10.6. The maximum Gasteiger partial charge on any atom is 0.207 e. The second kappa shape index (κ2) is 12.4. The van der Waals surface area contributed by atoms with Crippen LogP contribution in [0.25, 0.3) is 0 Å². The normalized spacial score (nSPS) is 13.7. The van der Waals surface area contributed by atoms with Crippen LogP contribution in [-0.4, -0.2) is 10.9 Å². The Balaban J connectivity index is 2.08. The molecule has 0 bridgehead atoms. The average Bonchev–Trinajstić information content (AvgIpc) is 2.57. The van der Waals surface area contributed by atoms with Crippen LogP contribution in [0.4, 0.5) is 0 Å². The summed E-state index contributed by atoms with van der Waals surface area (Å²) in [5.74, 6) is -0.259. The smallest absolute Gasteiger partial charge is 0.207 e. The summed E-state index contributed by atoms with van der Waals surface area (Å²) in [6.45, 7) is 4.25. The van der Waals surface area contributed by atoms with Crippen LogP contribution in [-0.2, 0) is 0 Å². The molecule has 1 aromatic carbocycles. The van der Waals surface area contributed by atoms with Crippen molar-refractivity contribution in [2.75, 3.05) is 0 Å². The van der Waals surface area contributed by atoms with E-state index in [1.165, 1.54) is 57.8 Å². The van der Waals surface area contributed by atoms with Gasteiger partial charge in [0.15, 0.2) is 0 Å². The molecule has 0 saturated carbocycles. The van der Waals surface area contributed by atoms with Crippen LogP contribution >= 0.6 is 0 Å². The minimum Gasteiger partial charge on any atom is -0.463 e. The molecule has 2 nitrogen and oxygen atoms in total.